The van der Waals surface area contributed by atoms with Crippen molar-refractivity contribution < 1.29 is 14.3 Å². The third-order valence-electron chi connectivity index (χ3n) is 5.17. The smallest absolute Gasteiger partial charge is 0.262 e. The predicted molar refractivity (Wildman–Crippen MR) is 85.6 cm³/mol. The van der Waals surface area contributed by atoms with E-state index in [9.17, 15) is 9.59 Å². The van der Waals surface area contributed by atoms with Crippen LogP contribution in [0.15, 0.2) is 18.2 Å². The van der Waals surface area contributed by atoms with Gasteiger partial charge in [0.05, 0.1) is 5.69 Å². The molecule has 6 heteroatoms. The fourth-order valence-corrected chi connectivity index (χ4v) is 3.82. The SMILES string of the molecule is O=C1COc2ccc(C(=O)N3CC[C@@H]4CNC[C@@H]4CC3)cc2N1. The Balaban J connectivity index is 1.50. The van der Waals surface area contributed by atoms with E-state index < -0.39 is 0 Å². The Labute approximate surface area is 135 Å². The van der Waals surface area contributed by atoms with Crippen molar-refractivity contribution in [1.82, 2.24) is 10.2 Å². The molecule has 0 saturated carbocycles. The van der Waals surface area contributed by atoms with Crippen LogP contribution in [0.2, 0.25) is 0 Å². The molecule has 0 spiro atoms. The summed E-state index contributed by atoms with van der Waals surface area (Å²) in [6, 6.07) is 5.27. The highest BCUT2D eigenvalue weighted by molar-refractivity contribution is 5.99. The van der Waals surface area contributed by atoms with Crippen molar-refractivity contribution in [2.24, 2.45) is 11.8 Å². The van der Waals surface area contributed by atoms with Crippen molar-refractivity contribution in [3.05, 3.63) is 23.8 Å². The van der Waals surface area contributed by atoms with E-state index in [1.807, 2.05) is 4.90 Å². The molecule has 6 nitrogen and oxygen atoms in total. The van der Waals surface area contributed by atoms with E-state index in [0.717, 1.165) is 39.0 Å². The molecule has 1 aromatic carbocycles. The van der Waals surface area contributed by atoms with Crippen molar-refractivity contribution in [1.29, 1.82) is 0 Å². The van der Waals surface area contributed by atoms with Crippen LogP contribution in [0.5, 0.6) is 5.75 Å². The highest BCUT2D eigenvalue weighted by Crippen LogP contribution is 2.30. The van der Waals surface area contributed by atoms with Crippen molar-refractivity contribution >= 4 is 17.5 Å². The summed E-state index contributed by atoms with van der Waals surface area (Å²) in [5.74, 6) is 1.88. The number of nitrogens with one attached hydrogen (secondary N) is 2. The van der Waals surface area contributed by atoms with E-state index >= 15 is 0 Å². The van der Waals surface area contributed by atoms with E-state index in [-0.39, 0.29) is 18.4 Å². The van der Waals surface area contributed by atoms with Gasteiger partial charge in [-0.2, -0.15) is 0 Å². The van der Waals surface area contributed by atoms with Gasteiger partial charge in [-0.3, -0.25) is 9.59 Å². The minimum absolute atomic E-state index is 0.0310. The molecule has 0 bridgehead atoms. The second-order valence-corrected chi connectivity index (χ2v) is 6.60. The standard InChI is InChI=1S/C17H21N3O3/c21-16-10-23-15-2-1-11(7-14(15)19-16)17(22)20-5-3-12-8-18-9-13(12)4-6-20/h1-2,7,12-13,18H,3-6,8-10H2,(H,19,21)/t12-,13+. The molecule has 23 heavy (non-hydrogen) atoms. The number of hydrogen-bond donors (Lipinski definition) is 2. The molecule has 122 valence electrons. The summed E-state index contributed by atoms with van der Waals surface area (Å²) in [5, 5.41) is 6.21. The number of fused-ring (bicyclic) bond motifs is 2. The van der Waals surface area contributed by atoms with Crippen LogP contribution in [-0.2, 0) is 4.79 Å². The third kappa shape index (κ3) is 2.79. The minimum Gasteiger partial charge on any atom is -0.482 e. The second-order valence-electron chi connectivity index (χ2n) is 6.60. The summed E-state index contributed by atoms with van der Waals surface area (Å²) in [5.41, 5.74) is 1.20. The molecule has 2 amide bonds. The zero-order chi connectivity index (χ0) is 15.8. The highest BCUT2D eigenvalue weighted by atomic mass is 16.5. The first-order chi connectivity index (χ1) is 11.2. The van der Waals surface area contributed by atoms with Crippen LogP contribution in [0.3, 0.4) is 0 Å². The maximum Gasteiger partial charge on any atom is 0.262 e. The Morgan fingerprint density at radius 3 is 2.65 bits per heavy atom. The van der Waals surface area contributed by atoms with Gasteiger partial charge in [-0.25, -0.2) is 0 Å². The normalized spacial score (nSPS) is 26.6. The molecule has 0 unspecified atom stereocenters. The van der Waals surface area contributed by atoms with Gasteiger partial charge in [-0.1, -0.05) is 0 Å². The summed E-state index contributed by atoms with van der Waals surface area (Å²) < 4.78 is 5.34. The molecular formula is C17H21N3O3. The van der Waals surface area contributed by atoms with Gasteiger partial charge < -0.3 is 20.3 Å². The second kappa shape index (κ2) is 5.85. The van der Waals surface area contributed by atoms with Crippen LogP contribution in [0.25, 0.3) is 0 Å². The molecule has 0 radical (unpaired) electrons. The summed E-state index contributed by atoms with van der Waals surface area (Å²) in [4.78, 5) is 26.2. The molecule has 0 aliphatic carbocycles. The molecular weight excluding hydrogens is 294 g/mol. The van der Waals surface area contributed by atoms with Crippen LogP contribution in [-0.4, -0.2) is 49.5 Å². The molecule has 1 aromatic rings. The summed E-state index contributed by atoms with van der Waals surface area (Å²) in [6.45, 7) is 3.80. The van der Waals surface area contributed by atoms with Gasteiger partial charge in [0.1, 0.15) is 5.75 Å². The Morgan fingerprint density at radius 2 is 1.91 bits per heavy atom. The summed E-state index contributed by atoms with van der Waals surface area (Å²) in [7, 11) is 0. The van der Waals surface area contributed by atoms with Crippen molar-refractivity contribution in [3.63, 3.8) is 0 Å². The lowest BCUT2D eigenvalue weighted by atomic mass is 9.92. The van der Waals surface area contributed by atoms with Gasteiger partial charge in [0.25, 0.3) is 11.8 Å². The zero-order valence-electron chi connectivity index (χ0n) is 13.0. The lowest BCUT2D eigenvalue weighted by molar-refractivity contribution is -0.118. The summed E-state index contributed by atoms with van der Waals surface area (Å²) in [6.07, 6.45) is 2.13. The number of carbonyl (C=O) groups is 2. The van der Waals surface area contributed by atoms with E-state index in [1.165, 1.54) is 0 Å². The van der Waals surface area contributed by atoms with E-state index in [1.54, 1.807) is 18.2 Å². The van der Waals surface area contributed by atoms with Crippen LogP contribution in [0, 0.1) is 11.8 Å². The maximum absolute atomic E-state index is 12.8. The molecule has 3 aliphatic rings. The number of hydrogen-bond acceptors (Lipinski definition) is 4. The van der Waals surface area contributed by atoms with Crippen LogP contribution >= 0.6 is 0 Å². The summed E-state index contributed by atoms with van der Waals surface area (Å²) >= 11 is 0. The first-order valence-electron chi connectivity index (χ1n) is 8.27. The lowest BCUT2D eigenvalue weighted by Crippen LogP contribution is -2.33. The molecule has 2 fully saturated rings. The third-order valence-corrected chi connectivity index (χ3v) is 5.17. The van der Waals surface area contributed by atoms with Gasteiger partial charge >= 0.3 is 0 Å². The minimum atomic E-state index is -0.183. The number of benzene rings is 1. The van der Waals surface area contributed by atoms with Crippen molar-refractivity contribution in [2.45, 2.75) is 12.8 Å². The number of amides is 2. The number of likely N-dealkylation sites (tertiary alicyclic amines) is 1. The number of carbonyl (C=O) groups excluding carboxylic acids is 2. The average Bonchev–Trinajstić information content (AvgIpc) is 2.92. The number of nitrogens with zero attached hydrogens (tertiary/aromatic N) is 1. The fourth-order valence-electron chi connectivity index (χ4n) is 3.82. The first-order valence-corrected chi connectivity index (χ1v) is 8.27. The molecule has 3 heterocycles. The molecule has 2 saturated heterocycles. The predicted octanol–water partition coefficient (Wildman–Crippen LogP) is 1.09. The molecule has 0 aromatic heterocycles. The topological polar surface area (TPSA) is 70.7 Å². The molecule has 4 rings (SSSR count). The Bertz CT molecular complexity index is 632. The maximum atomic E-state index is 12.8. The lowest BCUT2D eigenvalue weighted by Gasteiger charge is -2.23. The Kier molecular flexibility index (Phi) is 3.69. The van der Waals surface area contributed by atoms with Crippen molar-refractivity contribution in [3.8, 4) is 5.75 Å². The molecule has 2 atom stereocenters. The van der Waals surface area contributed by atoms with Gasteiger partial charge in [0.2, 0.25) is 0 Å². The zero-order valence-corrected chi connectivity index (χ0v) is 13.0. The first kappa shape index (κ1) is 14.5. The number of rotatable bonds is 1. The largest absolute Gasteiger partial charge is 0.482 e. The monoisotopic (exact) mass is 315 g/mol. The van der Waals surface area contributed by atoms with Crippen LogP contribution < -0.4 is 15.4 Å². The van der Waals surface area contributed by atoms with E-state index in [0.29, 0.717) is 28.8 Å². The molecule has 3 aliphatic heterocycles. The highest BCUT2D eigenvalue weighted by Gasteiger charge is 2.32. The van der Waals surface area contributed by atoms with E-state index in [2.05, 4.69) is 10.6 Å². The van der Waals surface area contributed by atoms with Gasteiger partial charge in [-0.15, -0.1) is 0 Å². The number of ether oxygens (including phenoxy) is 1. The van der Waals surface area contributed by atoms with Gasteiger partial charge in [0.15, 0.2) is 6.61 Å². The fraction of sp³-hybridized carbons (Fsp3) is 0.529. The van der Waals surface area contributed by atoms with Gasteiger partial charge in [-0.05, 0) is 56.0 Å². The van der Waals surface area contributed by atoms with E-state index in [4.69, 9.17) is 4.74 Å². The average molecular weight is 315 g/mol. The van der Waals surface area contributed by atoms with Crippen LogP contribution in [0.4, 0.5) is 5.69 Å². The Morgan fingerprint density at radius 1 is 1.17 bits per heavy atom. The van der Waals surface area contributed by atoms with Crippen molar-refractivity contribution in [2.75, 3.05) is 38.1 Å². The number of anilines is 1. The Hall–Kier alpha value is -2.08. The van der Waals surface area contributed by atoms with Gasteiger partial charge in [0, 0.05) is 18.7 Å². The quantitative estimate of drug-likeness (QED) is 0.814. The molecule has 2 N–H and O–H groups in total. The van der Waals surface area contributed by atoms with Crippen LogP contribution in [0.1, 0.15) is 23.2 Å².